The summed E-state index contributed by atoms with van der Waals surface area (Å²) in [4.78, 5) is 10.3. The highest BCUT2D eigenvalue weighted by Gasteiger charge is 2.35. The van der Waals surface area contributed by atoms with E-state index < -0.39 is 55.5 Å². The maximum Gasteiger partial charge on any atom is 0.418 e. The van der Waals surface area contributed by atoms with Crippen LogP contribution in [0.1, 0.15) is 11.3 Å². The molecule has 3 heterocycles. The largest absolute Gasteiger partial charge is 0.418 e. The lowest BCUT2D eigenvalue weighted by atomic mass is 10.1. The van der Waals surface area contributed by atoms with Gasteiger partial charge >= 0.3 is 6.18 Å². The molecule has 0 bridgehead atoms. The Hall–Kier alpha value is -2.95. The average Bonchev–Trinajstić information content (AvgIpc) is 2.61. The van der Waals surface area contributed by atoms with Crippen molar-refractivity contribution in [2.75, 3.05) is 0 Å². The first-order chi connectivity index (χ1) is 13.1. The second kappa shape index (κ2) is 7.23. The van der Waals surface area contributed by atoms with Crippen LogP contribution in [0.4, 0.5) is 22.0 Å². The van der Waals surface area contributed by atoms with Crippen LogP contribution in [0.25, 0.3) is 11.3 Å². The van der Waals surface area contributed by atoms with Gasteiger partial charge in [0.25, 0.3) is 0 Å². The van der Waals surface area contributed by atoms with Gasteiger partial charge in [-0.25, -0.2) is 18.4 Å². The van der Waals surface area contributed by atoms with Gasteiger partial charge in [-0.3, -0.25) is 4.98 Å². The highest BCUT2D eigenvalue weighted by atomic mass is 32.2. The van der Waals surface area contributed by atoms with Crippen molar-refractivity contribution in [2.45, 2.75) is 17.0 Å². The fourth-order valence-electron chi connectivity index (χ4n) is 2.41. The summed E-state index contributed by atoms with van der Waals surface area (Å²) in [6.07, 6.45) is -3.80. The number of hydrogen-bond donors (Lipinski definition) is 0. The quantitative estimate of drug-likeness (QED) is 0.479. The molecule has 11 heteroatoms. The second-order valence-corrected chi connectivity index (χ2v) is 7.53. The van der Waals surface area contributed by atoms with Crippen LogP contribution in [0, 0.1) is 11.9 Å². The summed E-state index contributed by atoms with van der Waals surface area (Å²) >= 11 is 0. The van der Waals surface area contributed by atoms with E-state index in [1.807, 2.05) is 0 Å². The number of rotatable bonds is 4. The van der Waals surface area contributed by atoms with Crippen LogP contribution in [-0.2, 0) is 21.8 Å². The molecule has 0 unspecified atom stereocenters. The van der Waals surface area contributed by atoms with Crippen molar-refractivity contribution in [2.24, 2.45) is 0 Å². The van der Waals surface area contributed by atoms with Crippen LogP contribution in [0.5, 0.6) is 0 Å². The molecule has 0 radical (unpaired) electrons. The fourth-order valence-corrected chi connectivity index (χ4v) is 3.62. The first-order valence-electron chi connectivity index (χ1n) is 7.61. The SMILES string of the molecule is O=S(=O)(Cc1ccc(C(F)(F)F)c(-c2cccnc2F)n1)c1cccc(F)n1. The maximum atomic E-state index is 13.9. The maximum absolute atomic E-state index is 13.9. The lowest BCUT2D eigenvalue weighted by Crippen LogP contribution is -2.13. The summed E-state index contributed by atoms with van der Waals surface area (Å²) in [5.41, 5.74) is -2.86. The van der Waals surface area contributed by atoms with E-state index in [1.165, 1.54) is 6.07 Å². The number of alkyl halides is 3. The summed E-state index contributed by atoms with van der Waals surface area (Å²) in [6.45, 7) is 0. The normalized spacial score (nSPS) is 12.2. The van der Waals surface area contributed by atoms with E-state index >= 15 is 0 Å². The predicted octanol–water partition coefficient (Wildman–Crippen LogP) is 3.81. The van der Waals surface area contributed by atoms with Crippen LogP contribution < -0.4 is 0 Å². The molecule has 3 aromatic heterocycles. The van der Waals surface area contributed by atoms with Crippen molar-refractivity contribution in [3.8, 4) is 11.3 Å². The van der Waals surface area contributed by atoms with Crippen LogP contribution in [0.15, 0.2) is 53.7 Å². The molecular formula is C17H10F5N3O2S. The highest BCUT2D eigenvalue weighted by Crippen LogP contribution is 2.37. The molecule has 0 saturated carbocycles. The molecule has 3 aromatic rings. The minimum atomic E-state index is -4.86. The van der Waals surface area contributed by atoms with Gasteiger partial charge in [0.05, 0.1) is 28.3 Å². The number of halogens is 5. The predicted molar refractivity (Wildman–Crippen MR) is 87.5 cm³/mol. The van der Waals surface area contributed by atoms with E-state index in [4.69, 9.17) is 0 Å². The standard InChI is InChI=1S/C17H10F5N3O2S/c18-13-4-1-5-14(25-13)28(26,27)9-10-6-7-12(17(20,21)22)15(24-10)11-3-2-8-23-16(11)19/h1-8H,9H2. The molecule has 0 spiro atoms. The summed E-state index contributed by atoms with van der Waals surface area (Å²) in [7, 11) is -4.20. The van der Waals surface area contributed by atoms with Gasteiger partial charge in [0.1, 0.15) is 0 Å². The number of pyridine rings is 3. The third-order valence-electron chi connectivity index (χ3n) is 3.62. The van der Waals surface area contributed by atoms with E-state index in [0.717, 1.165) is 36.5 Å². The molecule has 28 heavy (non-hydrogen) atoms. The third-order valence-corrected chi connectivity index (χ3v) is 5.16. The molecule has 0 aromatic carbocycles. The molecule has 0 N–H and O–H groups in total. The molecule has 5 nitrogen and oxygen atoms in total. The molecule has 0 atom stereocenters. The number of nitrogens with zero attached hydrogens (tertiary/aromatic N) is 3. The zero-order valence-electron chi connectivity index (χ0n) is 13.8. The monoisotopic (exact) mass is 415 g/mol. The van der Waals surface area contributed by atoms with E-state index in [9.17, 15) is 30.4 Å². The van der Waals surface area contributed by atoms with Crippen molar-refractivity contribution in [1.82, 2.24) is 15.0 Å². The number of sulfone groups is 1. The van der Waals surface area contributed by atoms with Gasteiger partial charge in [0.2, 0.25) is 21.7 Å². The van der Waals surface area contributed by atoms with Gasteiger partial charge in [0.15, 0.2) is 5.03 Å². The van der Waals surface area contributed by atoms with Gasteiger partial charge in [0, 0.05) is 6.20 Å². The minimum absolute atomic E-state index is 0.294. The summed E-state index contributed by atoms with van der Waals surface area (Å²) in [5.74, 6) is -3.07. The van der Waals surface area contributed by atoms with Crippen molar-refractivity contribution in [1.29, 1.82) is 0 Å². The van der Waals surface area contributed by atoms with Gasteiger partial charge in [-0.15, -0.1) is 0 Å². The van der Waals surface area contributed by atoms with Crippen LogP contribution in [0.2, 0.25) is 0 Å². The van der Waals surface area contributed by atoms with Crippen LogP contribution >= 0.6 is 0 Å². The summed E-state index contributed by atoms with van der Waals surface area (Å²) in [5, 5.41) is -0.594. The Balaban J connectivity index is 2.09. The van der Waals surface area contributed by atoms with E-state index in [1.54, 1.807) is 0 Å². The summed E-state index contributed by atoms with van der Waals surface area (Å²) < 4.78 is 91.7. The van der Waals surface area contributed by atoms with Crippen molar-refractivity contribution in [3.05, 3.63) is 71.8 Å². The molecular weight excluding hydrogens is 405 g/mol. The van der Waals surface area contributed by atoms with Gasteiger partial charge in [-0.1, -0.05) is 6.07 Å². The highest BCUT2D eigenvalue weighted by molar-refractivity contribution is 7.90. The zero-order chi connectivity index (χ0) is 20.5. The lowest BCUT2D eigenvalue weighted by molar-refractivity contribution is -0.137. The van der Waals surface area contributed by atoms with Crippen molar-refractivity contribution in [3.63, 3.8) is 0 Å². The molecule has 146 valence electrons. The number of aromatic nitrogens is 3. The zero-order valence-corrected chi connectivity index (χ0v) is 14.6. The van der Waals surface area contributed by atoms with Gasteiger partial charge < -0.3 is 0 Å². The van der Waals surface area contributed by atoms with E-state index in [0.29, 0.717) is 6.07 Å². The molecule has 0 saturated heterocycles. The minimum Gasteiger partial charge on any atom is -0.251 e. The van der Waals surface area contributed by atoms with Crippen LogP contribution in [0.3, 0.4) is 0 Å². The Labute approximate surface area is 155 Å². The lowest BCUT2D eigenvalue weighted by Gasteiger charge is -2.14. The molecule has 0 aliphatic heterocycles. The number of hydrogen-bond acceptors (Lipinski definition) is 5. The molecule has 0 aliphatic rings. The smallest absolute Gasteiger partial charge is 0.251 e. The second-order valence-electron chi connectivity index (χ2n) is 5.60. The summed E-state index contributed by atoms with van der Waals surface area (Å²) in [6, 6.07) is 6.86. The average molecular weight is 415 g/mol. The Morgan fingerprint density at radius 3 is 2.32 bits per heavy atom. The Morgan fingerprint density at radius 2 is 1.68 bits per heavy atom. The Bertz CT molecular complexity index is 1130. The van der Waals surface area contributed by atoms with E-state index in [2.05, 4.69) is 15.0 Å². The molecule has 0 fully saturated rings. The first-order valence-corrected chi connectivity index (χ1v) is 9.26. The van der Waals surface area contributed by atoms with Gasteiger partial charge in [-0.2, -0.15) is 22.0 Å². The first kappa shape index (κ1) is 19.8. The fraction of sp³-hybridized carbons (Fsp3) is 0.118. The van der Waals surface area contributed by atoms with Crippen LogP contribution in [-0.4, -0.2) is 23.4 Å². The Morgan fingerprint density at radius 1 is 0.929 bits per heavy atom. The molecule has 0 aliphatic carbocycles. The third kappa shape index (κ3) is 4.14. The van der Waals surface area contributed by atoms with Crippen molar-refractivity contribution < 1.29 is 30.4 Å². The molecule has 3 rings (SSSR count). The van der Waals surface area contributed by atoms with Gasteiger partial charge in [-0.05, 0) is 36.4 Å². The van der Waals surface area contributed by atoms with E-state index in [-0.39, 0.29) is 5.69 Å². The topological polar surface area (TPSA) is 72.8 Å². The Kier molecular flexibility index (Phi) is 5.11. The van der Waals surface area contributed by atoms with Crippen molar-refractivity contribution >= 4 is 9.84 Å². The molecule has 0 amide bonds.